The Balaban J connectivity index is 2.47. The lowest BCUT2D eigenvalue weighted by molar-refractivity contribution is 0.244. The zero-order valence-electron chi connectivity index (χ0n) is 9.36. The summed E-state index contributed by atoms with van der Waals surface area (Å²) in [6.45, 7) is 3.68. The van der Waals surface area contributed by atoms with Crippen LogP contribution in [0.1, 0.15) is 44.9 Å². The molecule has 4 nitrogen and oxygen atoms in total. The highest BCUT2D eigenvalue weighted by atomic mass is 15.5. The van der Waals surface area contributed by atoms with Crippen molar-refractivity contribution in [2.45, 2.75) is 51.0 Å². The first-order valence-electron chi connectivity index (χ1n) is 5.71. The van der Waals surface area contributed by atoms with Gasteiger partial charge in [-0.25, -0.2) is 5.84 Å². The summed E-state index contributed by atoms with van der Waals surface area (Å²) in [6, 6.07) is 0.422. The number of hydrogen-bond acceptors (Lipinski definition) is 3. The van der Waals surface area contributed by atoms with E-state index >= 15 is 0 Å². The molecule has 1 aliphatic carbocycles. The molecule has 0 aliphatic heterocycles. The van der Waals surface area contributed by atoms with Gasteiger partial charge in [0.25, 0.3) is 0 Å². The van der Waals surface area contributed by atoms with Crippen molar-refractivity contribution in [1.29, 1.82) is 0 Å². The van der Waals surface area contributed by atoms with Crippen molar-refractivity contribution in [3.8, 4) is 0 Å². The maximum atomic E-state index is 6.03. The second-order valence-corrected chi connectivity index (χ2v) is 4.07. The van der Waals surface area contributed by atoms with Gasteiger partial charge >= 0.3 is 0 Å². The molecule has 1 fully saturated rings. The third-order valence-electron chi connectivity index (χ3n) is 2.99. The second kappa shape index (κ2) is 6.45. The van der Waals surface area contributed by atoms with E-state index in [4.69, 9.17) is 11.7 Å². The zero-order valence-corrected chi connectivity index (χ0v) is 9.36. The maximum absolute atomic E-state index is 6.03. The van der Waals surface area contributed by atoms with Crippen molar-refractivity contribution in [1.82, 2.24) is 5.01 Å². The summed E-state index contributed by atoms with van der Waals surface area (Å²) in [4.78, 5) is 0. The van der Waals surface area contributed by atoms with Crippen molar-refractivity contribution >= 4 is 5.84 Å². The molecule has 0 heterocycles. The minimum Gasteiger partial charge on any atom is -0.322 e. The molecule has 0 aromatic rings. The van der Waals surface area contributed by atoms with Crippen molar-refractivity contribution in [3.05, 3.63) is 12.7 Å². The summed E-state index contributed by atoms with van der Waals surface area (Å²) in [5.74, 6) is 12.2. The topological polar surface area (TPSA) is 67.6 Å². The number of amidine groups is 1. The Hall–Kier alpha value is -1.03. The van der Waals surface area contributed by atoms with Gasteiger partial charge in [-0.3, -0.25) is 5.01 Å². The lowest BCUT2D eigenvalue weighted by Gasteiger charge is -2.32. The predicted molar refractivity (Wildman–Crippen MR) is 64.0 cm³/mol. The molecular weight excluding hydrogens is 188 g/mol. The largest absolute Gasteiger partial charge is 0.322 e. The van der Waals surface area contributed by atoms with Crippen LogP contribution in [0.2, 0.25) is 0 Å². The van der Waals surface area contributed by atoms with Gasteiger partial charge in [0.1, 0.15) is 5.84 Å². The first-order valence-corrected chi connectivity index (χ1v) is 5.71. The van der Waals surface area contributed by atoms with Crippen LogP contribution in [0.4, 0.5) is 0 Å². The van der Waals surface area contributed by atoms with E-state index in [1.54, 1.807) is 5.01 Å². The van der Waals surface area contributed by atoms with Crippen LogP contribution in [-0.4, -0.2) is 16.9 Å². The smallest absolute Gasteiger partial charge is 0.139 e. The molecule has 1 rings (SSSR count). The molecule has 4 N–H and O–H groups in total. The van der Waals surface area contributed by atoms with Crippen molar-refractivity contribution in [2.75, 3.05) is 0 Å². The van der Waals surface area contributed by atoms with Gasteiger partial charge in [-0.2, -0.15) is 5.10 Å². The highest BCUT2D eigenvalue weighted by Gasteiger charge is 2.20. The first kappa shape index (κ1) is 12.0. The summed E-state index contributed by atoms with van der Waals surface area (Å²) >= 11 is 0. The minimum atomic E-state index is 0.422. The summed E-state index contributed by atoms with van der Waals surface area (Å²) in [6.07, 6.45) is 9.68. The molecule has 0 saturated heterocycles. The van der Waals surface area contributed by atoms with Crippen LogP contribution in [0.25, 0.3) is 0 Å². The summed E-state index contributed by atoms with van der Waals surface area (Å²) in [7, 11) is 0. The highest BCUT2D eigenvalue weighted by molar-refractivity contribution is 5.81. The molecule has 86 valence electrons. The van der Waals surface area contributed by atoms with E-state index in [0.29, 0.717) is 6.04 Å². The Morgan fingerprint density at radius 2 is 2.07 bits per heavy atom. The monoisotopic (exact) mass is 210 g/mol. The quantitative estimate of drug-likeness (QED) is 0.244. The van der Waals surface area contributed by atoms with Gasteiger partial charge < -0.3 is 5.84 Å². The summed E-state index contributed by atoms with van der Waals surface area (Å²) < 4.78 is 0. The highest BCUT2D eigenvalue weighted by Crippen LogP contribution is 2.21. The molecule has 4 heteroatoms. The number of hydrogen-bond donors (Lipinski definition) is 2. The molecule has 0 radical (unpaired) electrons. The predicted octanol–water partition coefficient (Wildman–Crippen LogP) is 1.73. The summed E-state index contributed by atoms with van der Waals surface area (Å²) in [5.41, 5.74) is 0. The lowest BCUT2D eigenvalue weighted by Crippen LogP contribution is -2.46. The van der Waals surface area contributed by atoms with E-state index in [2.05, 4.69) is 11.7 Å². The molecule has 0 aromatic heterocycles. The van der Waals surface area contributed by atoms with E-state index in [0.717, 1.165) is 31.5 Å². The van der Waals surface area contributed by atoms with E-state index in [1.807, 2.05) is 6.08 Å². The Bertz CT molecular complexity index is 219. The zero-order chi connectivity index (χ0) is 11.1. The fourth-order valence-electron chi connectivity index (χ4n) is 2.06. The fourth-order valence-corrected chi connectivity index (χ4v) is 2.06. The normalized spacial score (nSPS) is 18.9. The number of hydrazine groups is 1. The van der Waals surface area contributed by atoms with Crippen LogP contribution in [0.5, 0.6) is 0 Å². The van der Waals surface area contributed by atoms with Gasteiger partial charge in [0.15, 0.2) is 0 Å². The van der Waals surface area contributed by atoms with Crippen LogP contribution in [0.15, 0.2) is 17.8 Å². The van der Waals surface area contributed by atoms with Crippen molar-refractivity contribution in [3.63, 3.8) is 0 Å². The SMILES string of the molecule is C=CCC/C(=N/N)N(N)C1CCCCC1. The molecule has 0 spiro atoms. The van der Waals surface area contributed by atoms with Crippen LogP contribution in [-0.2, 0) is 0 Å². The van der Waals surface area contributed by atoms with E-state index in [1.165, 1.54) is 19.3 Å². The Labute approximate surface area is 92.0 Å². The van der Waals surface area contributed by atoms with Crippen LogP contribution >= 0.6 is 0 Å². The number of rotatable bonds is 4. The van der Waals surface area contributed by atoms with Crippen molar-refractivity contribution in [2.24, 2.45) is 16.8 Å². The molecule has 0 amide bonds. The average Bonchev–Trinajstić information content (AvgIpc) is 2.31. The molecule has 0 unspecified atom stereocenters. The first-order chi connectivity index (χ1) is 7.29. The Kier molecular flexibility index (Phi) is 5.18. The third kappa shape index (κ3) is 3.55. The molecular formula is C11H22N4. The van der Waals surface area contributed by atoms with E-state index in [9.17, 15) is 0 Å². The Morgan fingerprint density at radius 1 is 1.40 bits per heavy atom. The molecule has 15 heavy (non-hydrogen) atoms. The van der Waals surface area contributed by atoms with Crippen LogP contribution in [0.3, 0.4) is 0 Å². The average molecular weight is 210 g/mol. The standard InChI is InChI=1S/C11H22N4/c1-2-3-9-11(14-12)15(13)10-7-5-4-6-8-10/h2,10H,1,3-9,12-13H2/b14-11-. The maximum Gasteiger partial charge on any atom is 0.139 e. The number of nitrogens with two attached hydrogens (primary N) is 2. The van der Waals surface area contributed by atoms with Gasteiger partial charge in [-0.15, -0.1) is 6.58 Å². The fraction of sp³-hybridized carbons (Fsp3) is 0.727. The molecule has 0 aromatic carbocycles. The van der Waals surface area contributed by atoms with Crippen LogP contribution < -0.4 is 11.7 Å². The third-order valence-corrected chi connectivity index (χ3v) is 2.99. The van der Waals surface area contributed by atoms with Gasteiger partial charge in [0.2, 0.25) is 0 Å². The molecule has 0 bridgehead atoms. The van der Waals surface area contributed by atoms with Crippen molar-refractivity contribution < 1.29 is 0 Å². The van der Waals surface area contributed by atoms with Gasteiger partial charge in [0.05, 0.1) is 0 Å². The summed E-state index contributed by atoms with van der Waals surface area (Å²) in [5, 5.41) is 5.54. The second-order valence-electron chi connectivity index (χ2n) is 4.07. The van der Waals surface area contributed by atoms with E-state index < -0.39 is 0 Å². The van der Waals surface area contributed by atoms with E-state index in [-0.39, 0.29) is 0 Å². The van der Waals surface area contributed by atoms with Crippen LogP contribution in [0, 0.1) is 0 Å². The van der Waals surface area contributed by atoms with Gasteiger partial charge in [-0.1, -0.05) is 25.3 Å². The Morgan fingerprint density at radius 3 is 2.60 bits per heavy atom. The van der Waals surface area contributed by atoms with Gasteiger partial charge in [0, 0.05) is 12.5 Å². The molecule has 0 atom stereocenters. The molecule has 1 aliphatic rings. The number of allylic oxidation sites excluding steroid dienone is 1. The number of hydrazone groups is 1. The van der Waals surface area contributed by atoms with Gasteiger partial charge in [-0.05, 0) is 19.3 Å². The lowest BCUT2D eigenvalue weighted by atomic mass is 9.95. The molecule has 1 saturated carbocycles. The minimum absolute atomic E-state index is 0.422. The number of nitrogens with zero attached hydrogens (tertiary/aromatic N) is 2.